The van der Waals surface area contributed by atoms with Gasteiger partial charge in [-0.15, -0.1) is 11.3 Å². The van der Waals surface area contributed by atoms with Crippen LogP contribution in [0.3, 0.4) is 0 Å². The summed E-state index contributed by atoms with van der Waals surface area (Å²) in [5.74, 6) is 1.87. The van der Waals surface area contributed by atoms with E-state index < -0.39 is 0 Å². The number of furan rings is 1. The fourth-order valence-electron chi connectivity index (χ4n) is 5.15. The lowest BCUT2D eigenvalue weighted by Crippen LogP contribution is -2.00. The molecule has 184 valence electrons. The van der Waals surface area contributed by atoms with Gasteiger partial charge in [0.25, 0.3) is 0 Å². The average Bonchev–Trinajstić information content (AvgIpc) is 3.55. The summed E-state index contributed by atoms with van der Waals surface area (Å²) < 4.78 is 8.57. The van der Waals surface area contributed by atoms with Gasteiger partial charge in [-0.1, -0.05) is 78.3 Å². The number of thiophene rings is 1. The van der Waals surface area contributed by atoms with Crippen LogP contribution in [0.1, 0.15) is 0 Å². The molecule has 0 saturated carbocycles. The molecule has 0 fully saturated rings. The predicted octanol–water partition coefficient (Wildman–Crippen LogP) is 9.79. The van der Waals surface area contributed by atoms with Crippen LogP contribution in [0.15, 0.2) is 114 Å². The van der Waals surface area contributed by atoms with Crippen LogP contribution in [0.5, 0.6) is 0 Å². The van der Waals surface area contributed by atoms with Gasteiger partial charge in [0, 0.05) is 52.7 Å². The van der Waals surface area contributed by atoms with Crippen molar-refractivity contribution in [2.45, 2.75) is 0 Å². The molecule has 0 atom stereocenters. The Morgan fingerprint density at radius 3 is 2.21 bits per heavy atom. The van der Waals surface area contributed by atoms with Crippen molar-refractivity contribution < 1.29 is 4.42 Å². The van der Waals surface area contributed by atoms with E-state index in [1.54, 1.807) is 11.3 Å². The molecule has 3 aromatic heterocycles. The van der Waals surface area contributed by atoms with Crippen LogP contribution in [0.25, 0.3) is 76.3 Å². The second kappa shape index (κ2) is 8.73. The van der Waals surface area contributed by atoms with Gasteiger partial charge >= 0.3 is 0 Å². The topological polar surface area (TPSA) is 51.8 Å². The quantitative estimate of drug-likeness (QED) is 0.224. The van der Waals surface area contributed by atoms with Gasteiger partial charge in [-0.05, 0) is 42.5 Å². The highest BCUT2D eigenvalue weighted by atomic mass is 35.5. The van der Waals surface area contributed by atoms with Crippen LogP contribution < -0.4 is 0 Å². The van der Waals surface area contributed by atoms with Crippen LogP contribution in [0.4, 0.5) is 0 Å². The van der Waals surface area contributed by atoms with E-state index in [9.17, 15) is 0 Å². The van der Waals surface area contributed by atoms with Crippen molar-refractivity contribution in [2.75, 3.05) is 0 Å². The lowest BCUT2D eigenvalue weighted by atomic mass is 10.1. The van der Waals surface area contributed by atoms with Gasteiger partial charge in [-0.25, -0.2) is 15.0 Å². The molecule has 0 aliphatic heterocycles. The number of halogens is 1. The molecule has 8 aromatic rings. The summed E-state index contributed by atoms with van der Waals surface area (Å²) in [6.45, 7) is 0. The number of rotatable bonds is 3. The highest BCUT2D eigenvalue weighted by Crippen LogP contribution is 2.40. The van der Waals surface area contributed by atoms with Gasteiger partial charge < -0.3 is 4.42 Å². The number of hydrogen-bond donors (Lipinski definition) is 0. The van der Waals surface area contributed by atoms with Gasteiger partial charge in [-0.3, -0.25) is 0 Å². The molecule has 39 heavy (non-hydrogen) atoms. The summed E-state index contributed by atoms with van der Waals surface area (Å²) in [6, 6.07) is 36.6. The summed E-state index contributed by atoms with van der Waals surface area (Å²) in [5, 5.41) is 5.12. The average molecular weight is 540 g/mol. The summed E-state index contributed by atoms with van der Waals surface area (Å²) >= 11 is 8.02. The Hall–Kier alpha value is -4.58. The molecule has 6 heteroatoms. The SMILES string of the molecule is Clc1ccc2oc3cc(-c4nc(-c5ccccc5)nc(-c5cccc6c5sc5ccccc56)n4)ccc3c2c1. The molecule has 0 N–H and O–H groups in total. The summed E-state index contributed by atoms with van der Waals surface area (Å²) in [7, 11) is 0. The first kappa shape index (κ1) is 22.4. The molecule has 0 aliphatic rings. The molecule has 0 saturated heterocycles. The minimum atomic E-state index is 0.595. The van der Waals surface area contributed by atoms with Gasteiger partial charge in [-0.2, -0.15) is 0 Å². The molecular formula is C33H18ClN3OS. The third-order valence-electron chi connectivity index (χ3n) is 7.00. The third kappa shape index (κ3) is 3.70. The number of fused-ring (bicyclic) bond motifs is 6. The Morgan fingerprint density at radius 2 is 1.31 bits per heavy atom. The molecule has 8 rings (SSSR count). The van der Waals surface area contributed by atoms with E-state index in [2.05, 4.69) is 42.5 Å². The van der Waals surface area contributed by atoms with E-state index in [0.29, 0.717) is 22.5 Å². The Labute approximate surface area is 232 Å². The van der Waals surface area contributed by atoms with Crippen molar-refractivity contribution in [1.29, 1.82) is 0 Å². The Bertz CT molecular complexity index is 2200. The van der Waals surface area contributed by atoms with Crippen molar-refractivity contribution >= 4 is 65.0 Å². The maximum absolute atomic E-state index is 6.25. The van der Waals surface area contributed by atoms with E-state index in [1.807, 2.05) is 66.7 Å². The zero-order valence-corrected chi connectivity index (χ0v) is 22.0. The zero-order chi connectivity index (χ0) is 25.9. The van der Waals surface area contributed by atoms with E-state index in [-0.39, 0.29) is 0 Å². The van der Waals surface area contributed by atoms with Crippen LogP contribution in [0, 0.1) is 0 Å². The second-order valence-corrected chi connectivity index (χ2v) is 10.9. The smallest absolute Gasteiger partial charge is 0.165 e. The van der Waals surface area contributed by atoms with Crippen molar-refractivity contribution in [2.24, 2.45) is 0 Å². The molecule has 3 heterocycles. The molecule has 0 spiro atoms. The van der Waals surface area contributed by atoms with Gasteiger partial charge in [0.1, 0.15) is 11.2 Å². The van der Waals surface area contributed by atoms with E-state index in [4.69, 9.17) is 31.0 Å². The number of nitrogens with zero attached hydrogens (tertiary/aromatic N) is 3. The van der Waals surface area contributed by atoms with Gasteiger partial charge in [0.2, 0.25) is 0 Å². The highest BCUT2D eigenvalue weighted by Gasteiger charge is 2.17. The summed E-state index contributed by atoms with van der Waals surface area (Å²) in [5.41, 5.74) is 4.35. The van der Waals surface area contributed by atoms with Crippen molar-refractivity contribution in [3.8, 4) is 34.2 Å². The van der Waals surface area contributed by atoms with Crippen LogP contribution in [-0.4, -0.2) is 15.0 Å². The monoisotopic (exact) mass is 539 g/mol. The van der Waals surface area contributed by atoms with Crippen molar-refractivity contribution in [1.82, 2.24) is 15.0 Å². The molecular weight excluding hydrogens is 522 g/mol. The lowest BCUT2D eigenvalue weighted by molar-refractivity contribution is 0.669. The first-order valence-electron chi connectivity index (χ1n) is 12.6. The zero-order valence-electron chi connectivity index (χ0n) is 20.4. The lowest BCUT2D eigenvalue weighted by Gasteiger charge is -2.09. The maximum Gasteiger partial charge on any atom is 0.165 e. The Balaban J connectivity index is 1.37. The van der Waals surface area contributed by atoms with Gasteiger partial charge in [0.15, 0.2) is 17.5 Å². The maximum atomic E-state index is 6.25. The first-order valence-corrected chi connectivity index (χ1v) is 13.7. The minimum Gasteiger partial charge on any atom is -0.456 e. The van der Waals surface area contributed by atoms with E-state index >= 15 is 0 Å². The van der Waals surface area contributed by atoms with E-state index in [0.717, 1.165) is 38.6 Å². The second-order valence-electron chi connectivity index (χ2n) is 9.41. The normalized spacial score (nSPS) is 11.7. The number of aromatic nitrogens is 3. The fraction of sp³-hybridized carbons (Fsp3) is 0. The van der Waals surface area contributed by atoms with Crippen LogP contribution >= 0.6 is 22.9 Å². The molecule has 0 amide bonds. The summed E-state index contributed by atoms with van der Waals surface area (Å²) in [4.78, 5) is 14.9. The molecule has 5 aromatic carbocycles. The Morgan fingerprint density at radius 1 is 0.538 bits per heavy atom. The van der Waals surface area contributed by atoms with Crippen LogP contribution in [-0.2, 0) is 0 Å². The summed E-state index contributed by atoms with van der Waals surface area (Å²) in [6.07, 6.45) is 0. The molecule has 0 bridgehead atoms. The standard InChI is InChI=1S/C33H18ClN3OS/c34-21-14-16-27-26(18-21)22-15-13-20(17-28(22)38-27)32-35-31(19-7-2-1-3-8-19)36-33(37-32)25-11-6-10-24-23-9-4-5-12-29(23)39-30(24)25/h1-18H. The third-order valence-corrected chi connectivity index (χ3v) is 8.46. The first-order chi connectivity index (χ1) is 19.2. The highest BCUT2D eigenvalue weighted by molar-refractivity contribution is 7.26. The largest absolute Gasteiger partial charge is 0.456 e. The fourth-order valence-corrected chi connectivity index (χ4v) is 6.54. The predicted molar refractivity (Wildman–Crippen MR) is 161 cm³/mol. The van der Waals surface area contributed by atoms with Crippen molar-refractivity contribution in [3.63, 3.8) is 0 Å². The molecule has 4 nitrogen and oxygen atoms in total. The minimum absolute atomic E-state index is 0.595. The van der Waals surface area contributed by atoms with Crippen LogP contribution in [0.2, 0.25) is 5.02 Å². The van der Waals surface area contributed by atoms with Crippen molar-refractivity contribution in [3.05, 3.63) is 114 Å². The molecule has 0 aliphatic carbocycles. The molecule has 0 radical (unpaired) electrons. The van der Waals surface area contributed by atoms with E-state index in [1.165, 1.54) is 20.2 Å². The number of benzene rings is 5. The Kier molecular flexibility index (Phi) is 5.02. The molecule has 0 unspecified atom stereocenters. The number of hydrogen-bond acceptors (Lipinski definition) is 5. The van der Waals surface area contributed by atoms with Gasteiger partial charge in [0.05, 0.1) is 0 Å².